The van der Waals surface area contributed by atoms with Crippen LogP contribution in [0.3, 0.4) is 0 Å². The largest absolute Gasteiger partial charge is 0.480 e. The molecule has 3 atom stereocenters. The molecule has 0 radical (unpaired) electrons. The number of carbonyl (C=O) groups is 3. The lowest BCUT2D eigenvalue weighted by atomic mass is 10.1. The van der Waals surface area contributed by atoms with Crippen molar-refractivity contribution in [1.29, 1.82) is 0 Å². The van der Waals surface area contributed by atoms with Crippen LogP contribution in [-0.2, 0) is 19.1 Å². The van der Waals surface area contributed by atoms with Gasteiger partial charge in [-0.25, -0.2) is 4.79 Å². The van der Waals surface area contributed by atoms with Crippen LogP contribution < -0.4 is 5.32 Å². The van der Waals surface area contributed by atoms with E-state index in [2.05, 4.69) is 5.32 Å². The third-order valence-corrected chi connectivity index (χ3v) is 8.66. The van der Waals surface area contributed by atoms with Crippen LogP contribution in [0.5, 0.6) is 0 Å². The number of aliphatic carboxylic acids is 1. The molecule has 0 aromatic carbocycles. The molecular weight excluding hydrogens is 396 g/mol. The molecule has 26 heavy (non-hydrogen) atoms. The number of rotatable bonds is 8. The van der Waals surface area contributed by atoms with E-state index < -0.39 is 30.1 Å². The molecule has 148 valence electrons. The number of nitrogens with one attached hydrogen (secondary N) is 1. The first-order valence-corrected chi connectivity index (χ1v) is 11.8. The number of methoxy groups -OCH3 is 1. The second-order valence-electron chi connectivity index (χ2n) is 6.38. The van der Waals surface area contributed by atoms with Gasteiger partial charge in [0.25, 0.3) is 0 Å². The van der Waals surface area contributed by atoms with E-state index in [-0.39, 0.29) is 9.99 Å². The van der Waals surface area contributed by atoms with Crippen LogP contribution in [0.25, 0.3) is 0 Å². The number of carbonyl (C=O) groups excluding carboxylic acids is 2. The summed E-state index contributed by atoms with van der Waals surface area (Å²) in [4.78, 5) is 38.1. The van der Waals surface area contributed by atoms with E-state index in [0.29, 0.717) is 19.4 Å². The zero-order valence-electron chi connectivity index (χ0n) is 15.2. The fraction of sp³-hybridized carbons (Fsp3) is 0.812. The molecule has 2 saturated heterocycles. The fourth-order valence-electron chi connectivity index (χ4n) is 3.27. The summed E-state index contributed by atoms with van der Waals surface area (Å²) >= 11 is 5.11. The van der Waals surface area contributed by atoms with Gasteiger partial charge in [-0.05, 0) is 25.4 Å². The van der Waals surface area contributed by atoms with Gasteiger partial charge in [0.15, 0.2) is 0 Å². The van der Waals surface area contributed by atoms with Gasteiger partial charge in [-0.2, -0.15) is 11.8 Å². The van der Waals surface area contributed by atoms with Crippen LogP contribution in [0.1, 0.15) is 19.8 Å². The predicted octanol–water partition coefficient (Wildman–Crippen LogP) is 1.12. The molecule has 0 bridgehead atoms. The van der Waals surface area contributed by atoms with Gasteiger partial charge in [-0.1, -0.05) is 0 Å². The Morgan fingerprint density at radius 1 is 1.38 bits per heavy atom. The zero-order chi connectivity index (χ0) is 19.3. The van der Waals surface area contributed by atoms with Gasteiger partial charge in [-0.15, -0.1) is 23.5 Å². The minimum atomic E-state index is -0.970. The average Bonchev–Trinajstić information content (AvgIpc) is 3.24. The van der Waals surface area contributed by atoms with Crippen molar-refractivity contribution in [2.24, 2.45) is 0 Å². The first-order chi connectivity index (χ1) is 12.3. The van der Waals surface area contributed by atoms with Crippen molar-refractivity contribution in [3.63, 3.8) is 0 Å². The van der Waals surface area contributed by atoms with E-state index in [0.717, 1.165) is 17.3 Å². The second-order valence-corrected chi connectivity index (χ2v) is 10.6. The van der Waals surface area contributed by atoms with Crippen molar-refractivity contribution in [3.05, 3.63) is 0 Å². The zero-order valence-corrected chi connectivity index (χ0v) is 17.7. The maximum atomic E-state index is 12.9. The lowest BCUT2D eigenvalue weighted by Gasteiger charge is -2.28. The number of ether oxygens (including phenoxy) is 1. The summed E-state index contributed by atoms with van der Waals surface area (Å²) in [7, 11) is 1.32. The van der Waals surface area contributed by atoms with Crippen LogP contribution in [-0.4, -0.2) is 87.2 Å². The molecule has 10 heteroatoms. The van der Waals surface area contributed by atoms with Crippen molar-refractivity contribution < 1.29 is 24.2 Å². The molecule has 1 amide bonds. The first kappa shape index (κ1) is 21.7. The Balaban J connectivity index is 2.06. The van der Waals surface area contributed by atoms with E-state index in [9.17, 15) is 19.5 Å². The minimum Gasteiger partial charge on any atom is -0.480 e. The Bertz CT molecular complexity index is 542. The maximum Gasteiger partial charge on any atom is 0.326 e. The van der Waals surface area contributed by atoms with E-state index in [1.807, 2.05) is 6.26 Å². The quantitative estimate of drug-likeness (QED) is 0.558. The van der Waals surface area contributed by atoms with Gasteiger partial charge in [0, 0.05) is 24.5 Å². The van der Waals surface area contributed by atoms with E-state index in [4.69, 9.17) is 4.74 Å². The van der Waals surface area contributed by atoms with Crippen molar-refractivity contribution >= 4 is 53.1 Å². The molecule has 2 aliphatic heterocycles. The van der Waals surface area contributed by atoms with Crippen LogP contribution >= 0.6 is 35.3 Å². The SMILES string of the molecule is COC(=O)C(CCSC)N[C@@H](C)C(=O)N1CC2(CC1C(=O)O)SCCS2. The van der Waals surface area contributed by atoms with E-state index >= 15 is 0 Å². The lowest BCUT2D eigenvalue weighted by molar-refractivity contribution is -0.149. The summed E-state index contributed by atoms with van der Waals surface area (Å²) in [5, 5.41) is 12.6. The number of esters is 1. The Morgan fingerprint density at radius 3 is 2.58 bits per heavy atom. The summed E-state index contributed by atoms with van der Waals surface area (Å²) in [6.07, 6.45) is 2.95. The molecule has 0 saturated carbocycles. The summed E-state index contributed by atoms with van der Waals surface area (Å²) in [5.74, 6) is 1.06. The van der Waals surface area contributed by atoms with Gasteiger partial charge < -0.3 is 14.7 Å². The van der Waals surface area contributed by atoms with Gasteiger partial charge in [0.2, 0.25) is 5.91 Å². The molecule has 2 fully saturated rings. The Kier molecular flexibility index (Phi) is 7.99. The predicted molar refractivity (Wildman–Crippen MR) is 107 cm³/mol. The summed E-state index contributed by atoms with van der Waals surface area (Å²) in [6, 6.07) is -2.05. The normalized spacial score (nSPS) is 23.8. The molecule has 2 unspecified atom stereocenters. The van der Waals surface area contributed by atoms with Gasteiger partial charge in [0.05, 0.1) is 17.2 Å². The van der Waals surface area contributed by atoms with Crippen molar-refractivity contribution in [3.8, 4) is 0 Å². The standard InChI is InChI=1S/C16H26N2O5S3/c1-10(17-11(4-5-24-3)15(22)23-2)13(19)18-9-16(25-6-7-26-16)8-12(18)14(20)21/h10-12,17H,4-9H2,1-3H3,(H,20,21)/t10-,11?,12?/m0/s1. The molecule has 0 aromatic rings. The Morgan fingerprint density at radius 2 is 2.04 bits per heavy atom. The number of hydrogen-bond acceptors (Lipinski definition) is 8. The first-order valence-electron chi connectivity index (χ1n) is 8.47. The van der Waals surface area contributed by atoms with Crippen LogP contribution in [0.15, 0.2) is 0 Å². The number of nitrogens with zero attached hydrogens (tertiary/aromatic N) is 1. The number of amides is 1. The number of thioether (sulfide) groups is 3. The average molecular weight is 423 g/mol. The number of carboxylic acid groups (broad SMARTS) is 1. The highest BCUT2D eigenvalue weighted by Crippen LogP contribution is 2.51. The fourth-order valence-corrected chi connectivity index (χ4v) is 6.99. The lowest BCUT2D eigenvalue weighted by Crippen LogP contribution is -2.53. The summed E-state index contributed by atoms with van der Waals surface area (Å²) in [6.45, 7) is 2.11. The number of carboxylic acids is 1. The molecular formula is C16H26N2O5S3. The third-order valence-electron chi connectivity index (χ3n) is 4.59. The summed E-state index contributed by atoms with van der Waals surface area (Å²) in [5.41, 5.74) is 0. The Hall–Kier alpha value is -0.580. The topological polar surface area (TPSA) is 95.9 Å². The van der Waals surface area contributed by atoms with Crippen molar-refractivity contribution in [2.45, 2.75) is 42.0 Å². The maximum absolute atomic E-state index is 12.9. The molecule has 2 N–H and O–H groups in total. The number of hydrogen-bond donors (Lipinski definition) is 2. The van der Waals surface area contributed by atoms with Crippen LogP contribution in [0.4, 0.5) is 0 Å². The van der Waals surface area contributed by atoms with E-state index in [1.165, 1.54) is 12.0 Å². The number of likely N-dealkylation sites (tertiary alicyclic amines) is 1. The summed E-state index contributed by atoms with van der Waals surface area (Å²) < 4.78 is 4.61. The molecule has 1 spiro atoms. The van der Waals surface area contributed by atoms with Crippen molar-refractivity contribution in [2.75, 3.05) is 37.2 Å². The molecule has 2 heterocycles. The highest BCUT2D eigenvalue weighted by Gasteiger charge is 2.52. The van der Waals surface area contributed by atoms with Gasteiger partial charge in [-0.3, -0.25) is 14.9 Å². The van der Waals surface area contributed by atoms with Crippen molar-refractivity contribution in [1.82, 2.24) is 10.2 Å². The highest BCUT2D eigenvalue weighted by atomic mass is 32.2. The van der Waals surface area contributed by atoms with Crippen LogP contribution in [0, 0.1) is 0 Å². The minimum absolute atomic E-state index is 0.209. The van der Waals surface area contributed by atoms with E-state index in [1.54, 1.807) is 42.2 Å². The Labute approximate surface area is 166 Å². The second kappa shape index (κ2) is 9.57. The molecule has 0 aromatic heterocycles. The molecule has 0 aliphatic carbocycles. The molecule has 2 aliphatic rings. The highest BCUT2D eigenvalue weighted by molar-refractivity contribution is 8.21. The third kappa shape index (κ3) is 5.02. The smallest absolute Gasteiger partial charge is 0.326 e. The monoisotopic (exact) mass is 422 g/mol. The molecule has 2 rings (SSSR count). The van der Waals surface area contributed by atoms with Crippen LogP contribution in [0.2, 0.25) is 0 Å². The molecule has 7 nitrogen and oxygen atoms in total. The van der Waals surface area contributed by atoms with Gasteiger partial charge in [0.1, 0.15) is 12.1 Å². The van der Waals surface area contributed by atoms with Gasteiger partial charge >= 0.3 is 11.9 Å².